The van der Waals surface area contributed by atoms with Crippen LogP contribution >= 0.6 is 0 Å². The summed E-state index contributed by atoms with van der Waals surface area (Å²) in [5.41, 5.74) is -0.872. The number of carbonyl (C=O) groups is 1. The van der Waals surface area contributed by atoms with E-state index >= 15 is 0 Å². The van der Waals surface area contributed by atoms with E-state index in [2.05, 4.69) is 0 Å². The largest absolute Gasteiger partial charge is 0.478 e. The molecule has 3 N–H and O–H groups in total. The molecule has 0 atom stereocenters. The Bertz CT molecular complexity index is 662. The minimum absolute atomic E-state index is 0.249. The second-order valence-corrected chi connectivity index (χ2v) is 5.65. The van der Waals surface area contributed by atoms with Crippen LogP contribution < -0.4 is 4.72 Å². The normalized spacial score (nSPS) is 12.4. The van der Waals surface area contributed by atoms with Crippen LogP contribution in [0.1, 0.15) is 10.4 Å². The van der Waals surface area contributed by atoms with Crippen LogP contribution in [0.2, 0.25) is 0 Å². The molecule has 0 fully saturated rings. The third kappa shape index (κ3) is 4.12. The number of hydrogen-bond donors (Lipinski definition) is 3. The zero-order valence-corrected chi connectivity index (χ0v) is 10.9. The van der Waals surface area contributed by atoms with Gasteiger partial charge in [-0.1, -0.05) is 0 Å². The van der Waals surface area contributed by atoms with Gasteiger partial charge in [0.15, 0.2) is 11.6 Å². The quantitative estimate of drug-likeness (QED) is 0.661. The van der Waals surface area contributed by atoms with Crippen LogP contribution in [0, 0.1) is 11.6 Å². The van der Waals surface area contributed by atoms with E-state index in [1.54, 1.807) is 0 Å². The van der Waals surface area contributed by atoms with Gasteiger partial charge in [-0.15, -0.1) is 0 Å². The van der Waals surface area contributed by atoms with E-state index in [0.29, 0.717) is 6.07 Å². The minimum Gasteiger partial charge on any atom is -0.478 e. The highest BCUT2D eigenvalue weighted by molar-refractivity contribution is 7.89. The first-order valence-electron chi connectivity index (χ1n) is 5.21. The summed E-state index contributed by atoms with van der Waals surface area (Å²) < 4.78 is 76.6. The first-order chi connectivity index (χ1) is 9.50. The zero-order chi connectivity index (χ0) is 16.4. The van der Waals surface area contributed by atoms with E-state index in [4.69, 9.17) is 10.2 Å². The molecule has 6 nitrogen and oxygen atoms in total. The molecule has 0 amide bonds. The van der Waals surface area contributed by atoms with Crippen molar-refractivity contribution in [2.75, 3.05) is 13.2 Å². The van der Waals surface area contributed by atoms with Gasteiger partial charge in [-0.25, -0.2) is 35.5 Å². The molecule has 11 heteroatoms. The molecule has 1 rings (SSSR count). The summed E-state index contributed by atoms with van der Waals surface area (Å²) in [5.74, 6) is -9.21. The second kappa shape index (κ2) is 5.95. The fourth-order valence-electron chi connectivity index (χ4n) is 1.22. The van der Waals surface area contributed by atoms with Crippen LogP contribution in [0.15, 0.2) is 17.0 Å². The average molecular weight is 331 g/mol. The second-order valence-electron chi connectivity index (χ2n) is 3.91. The molecule has 1 aromatic carbocycles. The van der Waals surface area contributed by atoms with Gasteiger partial charge in [-0.05, 0) is 12.1 Å². The molecule has 0 aromatic heterocycles. The Labute approximate surface area is 116 Å². The summed E-state index contributed by atoms with van der Waals surface area (Å²) in [4.78, 5) is 9.23. The lowest BCUT2D eigenvalue weighted by molar-refractivity contribution is -0.0437. The summed E-state index contributed by atoms with van der Waals surface area (Å²) >= 11 is 0. The molecule has 1 aromatic rings. The predicted molar refractivity (Wildman–Crippen MR) is 60.5 cm³/mol. The van der Waals surface area contributed by atoms with Crippen molar-refractivity contribution < 1.29 is 41.0 Å². The molecule has 0 saturated carbocycles. The number of aromatic carboxylic acids is 1. The molecule has 0 spiro atoms. The Balaban J connectivity index is 3.22. The van der Waals surface area contributed by atoms with Gasteiger partial charge in [0.1, 0.15) is 11.5 Å². The summed E-state index contributed by atoms with van der Waals surface area (Å²) in [6.45, 7) is -3.23. The highest BCUT2D eigenvalue weighted by atomic mass is 32.2. The number of carboxylic acids is 1. The van der Waals surface area contributed by atoms with Crippen LogP contribution in [0.4, 0.5) is 17.6 Å². The van der Waals surface area contributed by atoms with Crippen molar-refractivity contribution in [3.05, 3.63) is 29.3 Å². The van der Waals surface area contributed by atoms with E-state index in [-0.39, 0.29) is 6.07 Å². The van der Waals surface area contributed by atoms with Crippen molar-refractivity contribution in [2.24, 2.45) is 0 Å². The first kappa shape index (κ1) is 17.3. The Morgan fingerprint density at radius 2 is 1.86 bits per heavy atom. The average Bonchev–Trinajstić information content (AvgIpc) is 2.39. The molecule has 0 radical (unpaired) electrons. The minimum atomic E-state index is -4.93. The van der Waals surface area contributed by atoms with Crippen LogP contribution in [0.5, 0.6) is 0 Å². The van der Waals surface area contributed by atoms with Crippen molar-refractivity contribution in [1.29, 1.82) is 0 Å². The SMILES string of the molecule is O=C(O)c1cc(F)c(F)c(S(=O)(=O)NCC(F)(F)CO)c1. The first-order valence-corrected chi connectivity index (χ1v) is 6.69. The lowest BCUT2D eigenvalue weighted by Gasteiger charge is -2.14. The number of sulfonamides is 1. The summed E-state index contributed by atoms with van der Waals surface area (Å²) in [5, 5.41) is 16.9. The smallest absolute Gasteiger partial charge is 0.335 e. The van der Waals surface area contributed by atoms with Crippen molar-refractivity contribution in [1.82, 2.24) is 4.72 Å². The van der Waals surface area contributed by atoms with E-state index in [9.17, 15) is 30.8 Å². The number of aliphatic hydroxyl groups excluding tert-OH is 1. The molecule has 0 aliphatic rings. The number of carboxylic acid groups (broad SMARTS) is 1. The number of alkyl halides is 2. The number of hydrogen-bond acceptors (Lipinski definition) is 4. The van der Waals surface area contributed by atoms with Crippen LogP contribution in [-0.2, 0) is 10.0 Å². The Kier molecular flexibility index (Phi) is 4.91. The highest BCUT2D eigenvalue weighted by Crippen LogP contribution is 2.21. The van der Waals surface area contributed by atoms with E-state index in [0.717, 1.165) is 0 Å². The maximum atomic E-state index is 13.4. The number of rotatable bonds is 6. The topological polar surface area (TPSA) is 104 Å². The maximum absolute atomic E-state index is 13.4. The molecule has 0 aliphatic heterocycles. The molecule has 0 heterocycles. The Morgan fingerprint density at radius 3 is 2.33 bits per heavy atom. The molecule has 0 saturated heterocycles. The standard InChI is InChI=1S/C10H9F4NO5S/c11-6-1-5(9(17)18)2-7(8(6)12)21(19,20)15-3-10(13,14)4-16/h1-2,15-16H,3-4H2,(H,17,18). The van der Waals surface area contributed by atoms with Gasteiger partial charge in [0.2, 0.25) is 10.0 Å². The van der Waals surface area contributed by atoms with Crippen LogP contribution in [0.3, 0.4) is 0 Å². The van der Waals surface area contributed by atoms with Crippen LogP contribution in [0.25, 0.3) is 0 Å². The summed E-state index contributed by atoms with van der Waals surface area (Å²) in [7, 11) is -4.93. The zero-order valence-electron chi connectivity index (χ0n) is 10.1. The Morgan fingerprint density at radius 1 is 1.29 bits per heavy atom. The van der Waals surface area contributed by atoms with Gasteiger partial charge >= 0.3 is 5.97 Å². The predicted octanol–water partition coefficient (Wildman–Crippen LogP) is 0.569. The Hall–Kier alpha value is -1.72. The number of benzene rings is 1. The van der Waals surface area contributed by atoms with Gasteiger partial charge in [0, 0.05) is 0 Å². The molecular weight excluding hydrogens is 322 g/mol. The molecule has 0 bridgehead atoms. The van der Waals surface area contributed by atoms with Gasteiger partial charge in [-0.3, -0.25) is 0 Å². The third-order valence-corrected chi connectivity index (χ3v) is 3.68. The maximum Gasteiger partial charge on any atom is 0.335 e. The molecule has 0 aliphatic carbocycles. The van der Waals surface area contributed by atoms with Crippen molar-refractivity contribution in [3.63, 3.8) is 0 Å². The van der Waals surface area contributed by atoms with E-state index in [1.807, 2.05) is 0 Å². The van der Waals surface area contributed by atoms with E-state index < -0.39 is 57.2 Å². The van der Waals surface area contributed by atoms with E-state index in [1.165, 1.54) is 4.72 Å². The molecular formula is C10H9F4NO5S. The van der Waals surface area contributed by atoms with Gasteiger partial charge in [-0.2, -0.15) is 0 Å². The lowest BCUT2D eigenvalue weighted by Crippen LogP contribution is -2.39. The van der Waals surface area contributed by atoms with Crippen LogP contribution in [-0.4, -0.2) is 43.7 Å². The molecule has 118 valence electrons. The van der Waals surface area contributed by atoms with Gasteiger partial charge < -0.3 is 10.2 Å². The number of nitrogens with one attached hydrogen (secondary N) is 1. The van der Waals surface area contributed by atoms with Gasteiger partial charge in [0.05, 0.1) is 12.1 Å². The van der Waals surface area contributed by atoms with Crippen molar-refractivity contribution >= 4 is 16.0 Å². The third-order valence-electron chi connectivity index (χ3n) is 2.28. The monoisotopic (exact) mass is 331 g/mol. The molecule has 21 heavy (non-hydrogen) atoms. The highest BCUT2D eigenvalue weighted by Gasteiger charge is 2.32. The fraction of sp³-hybridized carbons (Fsp3) is 0.300. The number of aliphatic hydroxyl groups is 1. The van der Waals surface area contributed by atoms with Gasteiger partial charge in [0.25, 0.3) is 5.92 Å². The number of halogens is 4. The summed E-state index contributed by atoms with van der Waals surface area (Å²) in [6.07, 6.45) is 0. The molecule has 0 unspecified atom stereocenters. The van der Waals surface area contributed by atoms with Crippen molar-refractivity contribution in [3.8, 4) is 0 Å². The lowest BCUT2D eigenvalue weighted by atomic mass is 10.2. The fourth-order valence-corrected chi connectivity index (χ4v) is 2.39. The summed E-state index contributed by atoms with van der Waals surface area (Å²) in [6, 6.07) is 0.541. The van der Waals surface area contributed by atoms with Crippen molar-refractivity contribution in [2.45, 2.75) is 10.8 Å².